The highest BCUT2D eigenvalue weighted by Gasteiger charge is 2.26. The number of fused-ring (bicyclic) bond motifs is 1. The molecule has 1 fully saturated rings. The van der Waals surface area contributed by atoms with Crippen molar-refractivity contribution in [3.63, 3.8) is 0 Å². The summed E-state index contributed by atoms with van der Waals surface area (Å²) in [6.45, 7) is 6.04. The van der Waals surface area contributed by atoms with Crippen molar-refractivity contribution >= 4 is 37.5 Å². The molecule has 0 unspecified atom stereocenters. The number of nitrogens with zero attached hydrogens (tertiary/aromatic N) is 3. The maximum atomic E-state index is 12.9. The molecule has 170 valence electrons. The topological polar surface area (TPSA) is 90.2 Å². The number of carbonyl (C=O) groups is 1. The second kappa shape index (κ2) is 9.14. The molecule has 0 spiro atoms. The van der Waals surface area contributed by atoms with E-state index in [1.165, 1.54) is 39.9 Å². The van der Waals surface area contributed by atoms with E-state index >= 15 is 0 Å². The summed E-state index contributed by atoms with van der Waals surface area (Å²) >= 11 is 1.43. The molecule has 0 saturated carbocycles. The lowest BCUT2D eigenvalue weighted by Gasteiger charge is -2.26. The molecule has 2 heterocycles. The number of thiazole rings is 1. The molecule has 1 aliphatic rings. The minimum atomic E-state index is -3.61. The Bertz CT molecular complexity index is 1320. The van der Waals surface area contributed by atoms with Crippen molar-refractivity contribution in [2.24, 2.45) is 4.99 Å². The Labute approximate surface area is 190 Å². The number of carbonyl (C=O) groups excluding carboxylic acids is 1. The lowest BCUT2D eigenvalue weighted by molar-refractivity contribution is 0.0730. The second-order valence-electron chi connectivity index (χ2n) is 7.35. The van der Waals surface area contributed by atoms with E-state index in [-0.39, 0.29) is 4.90 Å². The summed E-state index contributed by atoms with van der Waals surface area (Å²) < 4.78 is 40.7. The predicted molar refractivity (Wildman–Crippen MR) is 123 cm³/mol. The lowest BCUT2D eigenvalue weighted by Crippen LogP contribution is -2.40. The summed E-state index contributed by atoms with van der Waals surface area (Å²) in [5.74, 6) is 0.306. The molecule has 0 N–H and O–H groups in total. The number of methoxy groups -OCH3 is 1. The number of rotatable bonds is 5. The third-order valence-electron chi connectivity index (χ3n) is 5.43. The fourth-order valence-corrected chi connectivity index (χ4v) is 6.26. The maximum Gasteiger partial charge on any atom is 0.279 e. The van der Waals surface area contributed by atoms with Crippen LogP contribution in [0.2, 0.25) is 0 Å². The molecule has 0 atom stereocenters. The Morgan fingerprint density at radius 2 is 1.84 bits per heavy atom. The van der Waals surface area contributed by atoms with E-state index in [1.807, 2.05) is 30.5 Å². The molecule has 0 aliphatic carbocycles. The van der Waals surface area contributed by atoms with E-state index in [0.717, 1.165) is 21.5 Å². The van der Waals surface area contributed by atoms with Crippen LogP contribution in [0, 0.1) is 6.92 Å². The van der Waals surface area contributed by atoms with Gasteiger partial charge in [0.1, 0.15) is 11.3 Å². The van der Waals surface area contributed by atoms with E-state index in [9.17, 15) is 13.2 Å². The zero-order chi connectivity index (χ0) is 22.9. The van der Waals surface area contributed by atoms with Crippen LogP contribution in [-0.4, -0.2) is 56.6 Å². The Morgan fingerprint density at radius 3 is 2.47 bits per heavy atom. The van der Waals surface area contributed by atoms with Crippen LogP contribution in [0.5, 0.6) is 5.75 Å². The van der Waals surface area contributed by atoms with Crippen molar-refractivity contribution in [1.29, 1.82) is 0 Å². The van der Waals surface area contributed by atoms with Crippen LogP contribution < -0.4 is 9.54 Å². The highest BCUT2D eigenvalue weighted by Crippen LogP contribution is 2.30. The molecule has 10 heteroatoms. The minimum absolute atomic E-state index is 0.154. The Hall–Kier alpha value is -2.53. The molecule has 2 aromatic carbocycles. The molecule has 1 saturated heterocycles. The number of sulfonamides is 1. The average Bonchev–Trinajstić information content (AvgIpc) is 3.19. The van der Waals surface area contributed by atoms with Gasteiger partial charge in [0, 0.05) is 25.2 Å². The molecule has 0 radical (unpaired) electrons. The minimum Gasteiger partial charge on any atom is -0.495 e. The highest BCUT2D eigenvalue weighted by atomic mass is 32.2. The third-order valence-corrected chi connectivity index (χ3v) is 8.55. The summed E-state index contributed by atoms with van der Waals surface area (Å²) in [6.07, 6.45) is 0. The molecule has 32 heavy (non-hydrogen) atoms. The zero-order valence-electron chi connectivity index (χ0n) is 18.2. The fourth-order valence-electron chi connectivity index (χ4n) is 3.68. The van der Waals surface area contributed by atoms with Crippen LogP contribution >= 0.6 is 11.3 Å². The van der Waals surface area contributed by atoms with Crippen LogP contribution in [0.25, 0.3) is 10.2 Å². The molecular weight excluding hydrogens is 450 g/mol. The first-order chi connectivity index (χ1) is 15.4. The number of morpholine rings is 1. The first-order valence-electron chi connectivity index (χ1n) is 10.3. The SMILES string of the molecule is CCn1c(=NC(=O)c2ccc(S(=O)(=O)N3CCOCC3)cc2)sc2c(C)ccc(OC)c21. The molecule has 1 amide bonds. The quantitative estimate of drug-likeness (QED) is 0.566. The van der Waals surface area contributed by atoms with Gasteiger partial charge in [-0.05, 0) is 49.7 Å². The first-order valence-corrected chi connectivity index (χ1v) is 12.6. The van der Waals surface area contributed by atoms with Gasteiger partial charge in [-0.3, -0.25) is 4.79 Å². The molecule has 1 aromatic heterocycles. The van der Waals surface area contributed by atoms with Crippen LogP contribution in [0.15, 0.2) is 46.3 Å². The Morgan fingerprint density at radius 1 is 1.16 bits per heavy atom. The van der Waals surface area contributed by atoms with Gasteiger partial charge in [0.05, 0.1) is 29.9 Å². The van der Waals surface area contributed by atoms with Gasteiger partial charge < -0.3 is 14.0 Å². The van der Waals surface area contributed by atoms with E-state index in [1.54, 1.807) is 7.11 Å². The van der Waals surface area contributed by atoms with Crippen molar-refractivity contribution in [1.82, 2.24) is 8.87 Å². The summed E-state index contributed by atoms with van der Waals surface area (Å²) in [6, 6.07) is 9.83. The van der Waals surface area contributed by atoms with Crippen LogP contribution in [-0.2, 0) is 21.3 Å². The summed E-state index contributed by atoms with van der Waals surface area (Å²) in [5.41, 5.74) is 2.33. The second-order valence-corrected chi connectivity index (χ2v) is 10.3. The third kappa shape index (κ3) is 4.11. The molecule has 4 rings (SSSR count). The fraction of sp³-hybridized carbons (Fsp3) is 0.364. The van der Waals surface area contributed by atoms with Crippen LogP contribution in [0.4, 0.5) is 0 Å². The highest BCUT2D eigenvalue weighted by molar-refractivity contribution is 7.89. The molecule has 0 bridgehead atoms. The van der Waals surface area contributed by atoms with E-state index < -0.39 is 15.9 Å². The van der Waals surface area contributed by atoms with Crippen molar-refractivity contribution in [3.8, 4) is 5.75 Å². The van der Waals surface area contributed by atoms with E-state index in [2.05, 4.69) is 4.99 Å². The monoisotopic (exact) mass is 475 g/mol. The van der Waals surface area contributed by atoms with Crippen molar-refractivity contribution < 1.29 is 22.7 Å². The van der Waals surface area contributed by atoms with Gasteiger partial charge in [-0.25, -0.2) is 8.42 Å². The van der Waals surface area contributed by atoms with E-state index in [4.69, 9.17) is 9.47 Å². The number of ether oxygens (including phenoxy) is 2. The predicted octanol–water partition coefficient (Wildman–Crippen LogP) is 2.80. The summed E-state index contributed by atoms with van der Waals surface area (Å²) in [4.78, 5) is 18.0. The molecule has 3 aromatic rings. The summed E-state index contributed by atoms with van der Waals surface area (Å²) in [7, 11) is -1.99. The van der Waals surface area contributed by atoms with Gasteiger partial charge in [0.2, 0.25) is 10.0 Å². The van der Waals surface area contributed by atoms with Gasteiger partial charge in [0.15, 0.2) is 4.80 Å². The van der Waals surface area contributed by atoms with Crippen molar-refractivity contribution in [3.05, 3.63) is 52.3 Å². The number of aryl methyl sites for hydroxylation is 2. The first kappa shape index (κ1) is 22.7. The van der Waals surface area contributed by atoms with Gasteiger partial charge in [-0.15, -0.1) is 0 Å². The molecular formula is C22H25N3O5S2. The standard InChI is InChI=1S/C22H25N3O5S2/c1-4-25-19-18(29-3)10-5-15(2)20(19)31-22(25)23-21(26)16-6-8-17(9-7-16)32(27,28)24-11-13-30-14-12-24/h5-10H,4,11-14H2,1-3H3. The van der Waals surface area contributed by atoms with Gasteiger partial charge in [-0.1, -0.05) is 17.4 Å². The summed E-state index contributed by atoms with van der Waals surface area (Å²) in [5, 5.41) is 0. The smallest absolute Gasteiger partial charge is 0.279 e. The number of hydrogen-bond donors (Lipinski definition) is 0. The number of benzene rings is 2. The molecule has 8 nitrogen and oxygen atoms in total. The molecule has 1 aliphatic heterocycles. The number of hydrogen-bond acceptors (Lipinski definition) is 6. The normalized spacial score (nSPS) is 15.9. The van der Waals surface area contributed by atoms with Crippen molar-refractivity contribution in [2.75, 3.05) is 33.4 Å². The Kier molecular flexibility index (Phi) is 6.47. The maximum absolute atomic E-state index is 12.9. The van der Waals surface area contributed by atoms with Crippen LogP contribution in [0.1, 0.15) is 22.8 Å². The van der Waals surface area contributed by atoms with Crippen molar-refractivity contribution in [2.45, 2.75) is 25.3 Å². The van der Waals surface area contributed by atoms with Gasteiger partial charge in [0.25, 0.3) is 5.91 Å². The van der Waals surface area contributed by atoms with Gasteiger partial charge in [-0.2, -0.15) is 9.30 Å². The van der Waals surface area contributed by atoms with Gasteiger partial charge >= 0.3 is 0 Å². The number of aromatic nitrogens is 1. The Balaban J connectivity index is 1.68. The lowest BCUT2D eigenvalue weighted by atomic mass is 10.2. The van der Waals surface area contributed by atoms with Crippen LogP contribution in [0.3, 0.4) is 0 Å². The largest absolute Gasteiger partial charge is 0.495 e. The zero-order valence-corrected chi connectivity index (χ0v) is 19.8. The van der Waals surface area contributed by atoms with E-state index in [0.29, 0.717) is 43.2 Å². The number of amides is 1. The average molecular weight is 476 g/mol.